The van der Waals surface area contributed by atoms with E-state index in [9.17, 15) is 23.3 Å². The smallest absolute Gasteiger partial charge is 0.283 e. The Morgan fingerprint density at radius 3 is 2.29 bits per heavy atom. The third-order valence-corrected chi connectivity index (χ3v) is 3.19. The molecule has 0 saturated heterocycles. The summed E-state index contributed by atoms with van der Waals surface area (Å²) in [6, 6.07) is 1.39. The van der Waals surface area contributed by atoms with Gasteiger partial charge >= 0.3 is 0 Å². The number of carbonyl (C=O) groups is 1. The Morgan fingerprint density at radius 2 is 1.94 bits per heavy atom. The number of rotatable bonds is 3. The quantitative estimate of drug-likeness (QED) is 0.590. The van der Waals surface area contributed by atoms with E-state index in [4.69, 9.17) is 22.5 Å². The van der Waals surface area contributed by atoms with E-state index in [0.717, 1.165) is 0 Å². The Hall–Kier alpha value is -1.71. The highest BCUT2D eigenvalue weighted by Crippen LogP contribution is 2.29. The van der Waals surface area contributed by atoms with Crippen LogP contribution in [-0.2, 0) is 10.0 Å². The highest BCUT2D eigenvalue weighted by atomic mass is 35.5. The number of nitrogens with zero attached hydrogens (tertiary/aromatic N) is 1. The van der Waals surface area contributed by atoms with Gasteiger partial charge in [-0.05, 0) is 6.07 Å². The molecule has 17 heavy (non-hydrogen) atoms. The molecule has 0 saturated carbocycles. The van der Waals surface area contributed by atoms with Gasteiger partial charge in [-0.25, -0.2) is 13.6 Å². The van der Waals surface area contributed by atoms with Gasteiger partial charge in [-0.3, -0.25) is 14.9 Å². The Bertz CT molecular complexity index is 612. The molecule has 0 unspecified atom stereocenters. The van der Waals surface area contributed by atoms with Crippen molar-refractivity contribution in [3.63, 3.8) is 0 Å². The molecule has 0 bridgehead atoms. The molecule has 1 rings (SSSR count). The fourth-order valence-corrected chi connectivity index (χ4v) is 2.20. The van der Waals surface area contributed by atoms with Crippen LogP contribution in [0.4, 0.5) is 5.69 Å². The zero-order valence-corrected chi connectivity index (χ0v) is 9.66. The van der Waals surface area contributed by atoms with Crippen molar-refractivity contribution >= 4 is 33.2 Å². The van der Waals surface area contributed by atoms with Crippen LogP contribution in [0.3, 0.4) is 0 Å². The normalized spacial score (nSPS) is 11.2. The fraction of sp³-hybridized carbons (Fsp3) is 0. The van der Waals surface area contributed by atoms with Gasteiger partial charge in [0, 0.05) is 6.07 Å². The third-order valence-electron chi connectivity index (χ3n) is 1.82. The van der Waals surface area contributed by atoms with Crippen LogP contribution < -0.4 is 10.9 Å². The lowest BCUT2D eigenvalue weighted by Gasteiger charge is -2.04. The Balaban J connectivity index is 3.69. The summed E-state index contributed by atoms with van der Waals surface area (Å²) in [6.07, 6.45) is 0. The second kappa shape index (κ2) is 4.28. The van der Waals surface area contributed by atoms with Crippen molar-refractivity contribution < 1.29 is 18.1 Å². The van der Waals surface area contributed by atoms with Crippen LogP contribution in [0.15, 0.2) is 17.0 Å². The van der Waals surface area contributed by atoms with Gasteiger partial charge in [0.05, 0.1) is 9.95 Å². The number of carbonyl (C=O) groups excluding carboxylic acids is 1. The number of sulfonamides is 1. The van der Waals surface area contributed by atoms with Gasteiger partial charge in [-0.15, -0.1) is 0 Å². The van der Waals surface area contributed by atoms with E-state index in [-0.39, 0.29) is 0 Å². The molecule has 0 fully saturated rings. The van der Waals surface area contributed by atoms with Gasteiger partial charge in [-0.2, -0.15) is 0 Å². The molecule has 0 aliphatic rings. The second-order valence-electron chi connectivity index (χ2n) is 2.97. The Kier molecular flexibility index (Phi) is 3.36. The number of nitro groups is 1. The van der Waals surface area contributed by atoms with Crippen molar-refractivity contribution in [3.05, 3.63) is 32.8 Å². The molecule has 0 heterocycles. The van der Waals surface area contributed by atoms with Crippen LogP contribution in [0.2, 0.25) is 5.02 Å². The summed E-state index contributed by atoms with van der Waals surface area (Å²) in [5.41, 5.74) is 3.63. The predicted octanol–water partition coefficient (Wildman–Crippen LogP) is -0.00550. The summed E-state index contributed by atoms with van der Waals surface area (Å²) in [6.45, 7) is 0. The molecule has 1 aromatic carbocycles. The number of nitrogens with two attached hydrogens (primary N) is 2. The zero-order chi connectivity index (χ0) is 13.4. The van der Waals surface area contributed by atoms with E-state index < -0.39 is 42.0 Å². The maximum atomic E-state index is 11.1. The van der Waals surface area contributed by atoms with Gasteiger partial charge in [0.25, 0.3) is 11.6 Å². The second-order valence-corrected chi connectivity index (χ2v) is 4.90. The lowest BCUT2D eigenvalue weighted by Crippen LogP contribution is -2.17. The first-order valence-electron chi connectivity index (χ1n) is 3.95. The molecule has 1 aromatic rings. The summed E-state index contributed by atoms with van der Waals surface area (Å²) in [5.74, 6) is -1.15. The third kappa shape index (κ3) is 2.70. The minimum Gasteiger partial charge on any atom is -0.365 e. The van der Waals surface area contributed by atoms with E-state index in [2.05, 4.69) is 0 Å². The van der Waals surface area contributed by atoms with Crippen molar-refractivity contribution in [2.45, 2.75) is 4.90 Å². The standard InChI is InChI=1S/C7H6ClN3O5S/c8-4-2-5(11(13)14)3(7(9)12)1-6(4)17(10,15)16/h1-2H,(H2,9,12)(H2,10,15,16). The number of primary amides is 1. The van der Waals surface area contributed by atoms with Crippen molar-refractivity contribution in [2.24, 2.45) is 10.9 Å². The van der Waals surface area contributed by atoms with E-state index in [1.54, 1.807) is 0 Å². The molecule has 0 aliphatic carbocycles. The number of hydrogen-bond acceptors (Lipinski definition) is 5. The van der Waals surface area contributed by atoms with Crippen molar-refractivity contribution in [2.75, 3.05) is 0 Å². The first-order valence-corrected chi connectivity index (χ1v) is 5.87. The minimum atomic E-state index is -4.19. The highest BCUT2D eigenvalue weighted by molar-refractivity contribution is 7.89. The molecule has 0 radical (unpaired) electrons. The topological polar surface area (TPSA) is 146 Å². The molecule has 0 aliphatic heterocycles. The molecule has 92 valence electrons. The van der Waals surface area contributed by atoms with Gasteiger partial charge in [0.2, 0.25) is 10.0 Å². The lowest BCUT2D eigenvalue weighted by atomic mass is 10.2. The molecule has 1 amide bonds. The predicted molar refractivity (Wildman–Crippen MR) is 58.0 cm³/mol. The summed E-state index contributed by atoms with van der Waals surface area (Å²) in [4.78, 5) is 20.1. The van der Waals surface area contributed by atoms with E-state index in [1.807, 2.05) is 0 Å². The van der Waals surface area contributed by atoms with Crippen LogP contribution in [-0.4, -0.2) is 19.2 Å². The SMILES string of the molecule is NC(=O)c1cc(S(N)(=O)=O)c(Cl)cc1[N+](=O)[O-]. The zero-order valence-electron chi connectivity index (χ0n) is 8.08. The molecule has 8 nitrogen and oxygen atoms in total. The number of nitro benzene ring substituents is 1. The lowest BCUT2D eigenvalue weighted by molar-refractivity contribution is -0.385. The van der Waals surface area contributed by atoms with Crippen LogP contribution in [0, 0.1) is 10.1 Å². The first kappa shape index (κ1) is 13.4. The van der Waals surface area contributed by atoms with Gasteiger partial charge in [0.15, 0.2) is 0 Å². The Morgan fingerprint density at radius 1 is 1.41 bits per heavy atom. The highest BCUT2D eigenvalue weighted by Gasteiger charge is 2.24. The number of benzene rings is 1. The number of amides is 1. The van der Waals surface area contributed by atoms with Gasteiger partial charge < -0.3 is 5.73 Å². The van der Waals surface area contributed by atoms with Gasteiger partial charge in [0.1, 0.15) is 10.5 Å². The van der Waals surface area contributed by atoms with Crippen LogP contribution in [0.5, 0.6) is 0 Å². The Labute approximate surface area is 100 Å². The molecule has 10 heteroatoms. The first-order chi connectivity index (χ1) is 7.64. The van der Waals surface area contributed by atoms with Crippen molar-refractivity contribution in [3.8, 4) is 0 Å². The molecular formula is C7H6ClN3O5S. The molecule has 0 aromatic heterocycles. The van der Waals surface area contributed by atoms with Crippen molar-refractivity contribution in [1.82, 2.24) is 0 Å². The van der Waals surface area contributed by atoms with E-state index >= 15 is 0 Å². The van der Waals surface area contributed by atoms with Crippen molar-refractivity contribution in [1.29, 1.82) is 0 Å². The van der Waals surface area contributed by atoms with Crippen LogP contribution in [0.25, 0.3) is 0 Å². The number of primary sulfonamides is 1. The average Bonchev–Trinajstić information content (AvgIpc) is 2.14. The molecule has 0 spiro atoms. The van der Waals surface area contributed by atoms with Crippen LogP contribution >= 0.6 is 11.6 Å². The number of halogens is 1. The molecular weight excluding hydrogens is 274 g/mol. The monoisotopic (exact) mass is 279 g/mol. The van der Waals surface area contributed by atoms with E-state index in [1.165, 1.54) is 0 Å². The largest absolute Gasteiger partial charge is 0.365 e. The minimum absolute atomic E-state index is 0.454. The maximum absolute atomic E-state index is 11.1. The summed E-state index contributed by atoms with van der Waals surface area (Å²) in [7, 11) is -4.19. The maximum Gasteiger partial charge on any atom is 0.283 e. The fourth-order valence-electron chi connectivity index (χ4n) is 1.11. The average molecular weight is 280 g/mol. The summed E-state index contributed by atoms with van der Waals surface area (Å²) < 4.78 is 22.2. The summed E-state index contributed by atoms with van der Waals surface area (Å²) in [5, 5.41) is 15.0. The van der Waals surface area contributed by atoms with Gasteiger partial charge in [-0.1, -0.05) is 11.6 Å². The van der Waals surface area contributed by atoms with E-state index in [0.29, 0.717) is 12.1 Å². The summed E-state index contributed by atoms with van der Waals surface area (Å²) >= 11 is 5.52. The number of hydrogen-bond donors (Lipinski definition) is 2. The van der Waals surface area contributed by atoms with Crippen LogP contribution in [0.1, 0.15) is 10.4 Å². The molecule has 0 atom stereocenters. The molecule has 4 N–H and O–H groups in total.